The van der Waals surface area contributed by atoms with Crippen molar-refractivity contribution in [3.63, 3.8) is 0 Å². The van der Waals surface area contributed by atoms with Gasteiger partial charge >= 0.3 is 0 Å². The summed E-state index contributed by atoms with van der Waals surface area (Å²) in [4.78, 5) is 28.5. The lowest BCUT2D eigenvalue weighted by atomic mass is 10.1. The zero-order chi connectivity index (χ0) is 20.1. The second-order valence-electron chi connectivity index (χ2n) is 6.90. The molecular weight excluding hydrogens is 363 g/mol. The zero-order valence-electron chi connectivity index (χ0n) is 15.9. The van der Waals surface area contributed by atoms with Crippen molar-refractivity contribution in [1.29, 1.82) is 0 Å². The Kier molecular flexibility index (Phi) is 6.41. The fraction of sp³-hybridized carbons (Fsp3) is 0.450. The number of aliphatic hydroxyl groups excluding tert-OH is 1. The maximum absolute atomic E-state index is 13.0. The first-order valence-corrected chi connectivity index (χ1v) is 9.49. The highest BCUT2D eigenvalue weighted by molar-refractivity contribution is 5.92. The molecule has 1 aromatic carbocycles. The molecule has 1 fully saturated rings. The summed E-state index contributed by atoms with van der Waals surface area (Å²) in [6, 6.07) is 7.74. The molecule has 0 bridgehead atoms. The van der Waals surface area contributed by atoms with Crippen molar-refractivity contribution >= 4 is 11.8 Å². The summed E-state index contributed by atoms with van der Waals surface area (Å²) in [6.07, 6.45) is 1.55. The molecule has 8 heteroatoms. The largest absolute Gasteiger partial charge is 0.389 e. The molecule has 0 saturated carbocycles. The number of halogens is 1. The Labute approximate surface area is 163 Å². The summed E-state index contributed by atoms with van der Waals surface area (Å²) in [5, 5.41) is 14.4. The Morgan fingerprint density at radius 2 is 1.82 bits per heavy atom. The van der Waals surface area contributed by atoms with Crippen molar-refractivity contribution in [3.05, 3.63) is 53.6 Å². The van der Waals surface area contributed by atoms with E-state index in [-0.39, 0.29) is 37.1 Å². The molecule has 2 aromatic rings. The minimum Gasteiger partial charge on any atom is -0.389 e. The van der Waals surface area contributed by atoms with E-state index in [9.17, 15) is 19.1 Å². The van der Waals surface area contributed by atoms with Crippen LogP contribution in [0.15, 0.2) is 36.5 Å². The van der Waals surface area contributed by atoms with Crippen molar-refractivity contribution in [2.75, 3.05) is 26.2 Å². The summed E-state index contributed by atoms with van der Waals surface area (Å²) < 4.78 is 14.6. The van der Waals surface area contributed by atoms with E-state index in [2.05, 4.69) is 5.10 Å². The Balaban J connectivity index is 1.59. The number of carbonyl (C=O) groups is 2. The van der Waals surface area contributed by atoms with Gasteiger partial charge in [0.25, 0.3) is 5.91 Å². The molecule has 1 N–H and O–H groups in total. The molecule has 1 aromatic heterocycles. The van der Waals surface area contributed by atoms with Crippen LogP contribution in [0.1, 0.15) is 29.4 Å². The molecule has 1 unspecified atom stereocenters. The van der Waals surface area contributed by atoms with Crippen LogP contribution in [-0.4, -0.2) is 68.8 Å². The van der Waals surface area contributed by atoms with Gasteiger partial charge in [0, 0.05) is 45.3 Å². The van der Waals surface area contributed by atoms with Crippen LogP contribution in [0.2, 0.25) is 0 Å². The van der Waals surface area contributed by atoms with Gasteiger partial charge in [0.15, 0.2) is 0 Å². The fourth-order valence-corrected chi connectivity index (χ4v) is 3.39. The minimum absolute atomic E-state index is 0.0868. The Hall–Kier alpha value is -2.74. The quantitative estimate of drug-likeness (QED) is 0.838. The molecular formula is C20H25FN4O3. The second kappa shape index (κ2) is 8.97. The zero-order valence-corrected chi connectivity index (χ0v) is 15.9. The Morgan fingerprint density at radius 3 is 2.54 bits per heavy atom. The number of nitrogens with zero attached hydrogens (tertiary/aromatic N) is 4. The van der Waals surface area contributed by atoms with Crippen molar-refractivity contribution in [2.45, 2.75) is 32.4 Å². The molecule has 0 radical (unpaired) electrons. The van der Waals surface area contributed by atoms with Crippen LogP contribution in [-0.2, 0) is 17.8 Å². The lowest BCUT2D eigenvalue weighted by Gasteiger charge is -2.22. The third-order valence-electron chi connectivity index (χ3n) is 4.92. The first-order valence-electron chi connectivity index (χ1n) is 9.49. The maximum Gasteiger partial charge on any atom is 0.272 e. The van der Waals surface area contributed by atoms with Crippen LogP contribution in [0.4, 0.5) is 4.39 Å². The summed E-state index contributed by atoms with van der Waals surface area (Å²) in [5.41, 5.74) is 1.36. The Bertz CT molecular complexity index is 821. The smallest absolute Gasteiger partial charge is 0.272 e. The molecule has 1 saturated heterocycles. The van der Waals surface area contributed by atoms with Gasteiger partial charge in [-0.3, -0.25) is 14.3 Å². The predicted molar refractivity (Wildman–Crippen MR) is 101 cm³/mol. The van der Waals surface area contributed by atoms with Gasteiger partial charge in [-0.1, -0.05) is 12.1 Å². The molecule has 0 spiro atoms. The molecule has 1 atom stereocenters. The van der Waals surface area contributed by atoms with Crippen molar-refractivity contribution in [2.24, 2.45) is 0 Å². The van der Waals surface area contributed by atoms with Crippen molar-refractivity contribution < 1.29 is 19.1 Å². The first-order chi connectivity index (χ1) is 13.5. The third-order valence-corrected chi connectivity index (χ3v) is 4.92. The molecule has 28 heavy (non-hydrogen) atoms. The second-order valence-corrected chi connectivity index (χ2v) is 6.90. The number of aliphatic hydroxyl groups is 1. The van der Waals surface area contributed by atoms with E-state index in [4.69, 9.17) is 0 Å². The maximum atomic E-state index is 13.0. The van der Waals surface area contributed by atoms with E-state index >= 15 is 0 Å². The van der Waals surface area contributed by atoms with Crippen LogP contribution in [0, 0.1) is 5.82 Å². The van der Waals surface area contributed by atoms with Gasteiger partial charge in [0.2, 0.25) is 5.91 Å². The summed E-state index contributed by atoms with van der Waals surface area (Å²) in [6.45, 7) is 3.58. The van der Waals surface area contributed by atoms with E-state index in [0.29, 0.717) is 31.7 Å². The summed E-state index contributed by atoms with van der Waals surface area (Å²) >= 11 is 0. The molecule has 2 amide bonds. The molecule has 7 nitrogen and oxygen atoms in total. The summed E-state index contributed by atoms with van der Waals surface area (Å²) in [5.74, 6) is -0.588. The average molecular weight is 388 g/mol. The van der Waals surface area contributed by atoms with E-state index in [1.807, 2.05) is 6.92 Å². The van der Waals surface area contributed by atoms with Gasteiger partial charge < -0.3 is 14.9 Å². The lowest BCUT2D eigenvalue weighted by Crippen LogP contribution is -2.38. The number of rotatable bonds is 5. The number of hydrogen-bond donors (Lipinski definition) is 1. The molecule has 1 aliphatic rings. The van der Waals surface area contributed by atoms with Crippen LogP contribution in [0.5, 0.6) is 0 Å². The van der Waals surface area contributed by atoms with Gasteiger partial charge in [-0.2, -0.15) is 5.10 Å². The van der Waals surface area contributed by atoms with Crippen LogP contribution in [0.25, 0.3) is 0 Å². The fourth-order valence-electron chi connectivity index (χ4n) is 3.39. The van der Waals surface area contributed by atoms with E-state index in [1.54, 1.807) is 38.9 Å². The van der Waals surface area contributed by atoms with Gasteiger partial charge in [-0.15, -0.1) is 0 Å². The standard InChI is InChI=1S/C20H25FN4O3/c1-2-25-18(9-10-22-25)20(28)24-12-11-23(13-17(26)14-24)19(27)8-5-15-3-6-16(21)7-4-15/h3-4,6-7,9-10,17,26H,2,5,8,11-14H2,1H3. The summed E-state index contributed by atoms with van der Waals surface area (Å²) in [7, 11) is 0. The lowest BCUT2D eigenvalue weighted by molar-refractivity contribution is -0.132. The molecule has 0 aliphatic carbocycles. The third kappa shape index (κ3) is 4.75. The van der Waals surface area contributed by atoms with E-state index in [0.717, 1.165) is 5.56 Å². The number of amides is 2. The van der Waals surface area contributed by atoms with Crippen LogP contribution in [0.3, 0.4) is 0 Å². The number of aryl methyl sites for hydroxylation is 2. The number of carbonyl (C=O) groups excluding carboxylic acids is 2. The van der Waals surface area contributed by atoms with Gasteiger partial charge in [-0.05, 0) is 37.1 Å². The topological polar surface area (TPSA) is 78.7 Å². The van der Waals surface area contributed by atoms with Crippen molar-refractivity contribution in [3.8, 4) is 0 Å². The van der Waals surface area contributed by atoms with Crippen molar-refractivity contribution in [1.82, 2.24) is 19.6 Å². The molecule has 2 heterocycles. The van der Waals surface area contributed by atoms with Gasteiger partial charge in [0.05, 0.1) is 6.10 Å². The monoisotopic (exact) mass is 388 g/mol. The molecule has 1 aliphatic heterocycles. The number of aromatic nitrogens is 2. The van der Waals surface area contributed by atoms with Gasteiger partial charge in [0.1, 0.15) is 11.5 Å². The predicted octanol–water partition coefficient (Wildman–Crippen LogP) is 1.32. The van der Waals surface area contributed by atoms with Gasteiger partial charge in [-0.25, -0.2) is 4.39 Å². The highest BCUT2D eigenvalue weighted by atomic mass is 19.1. The van der Waals surface area contributed by atoms with Crippen LogP contribution >= 0.6 is 0 Å². The van der Waals surface area contributed by atoms with E-state index < -0.39 is 6.10 Å². The number of β-amino-alcohol motifs (C(OH)–C–C–N with tert-alkyl or cyclic N) is 1. The molecule has 3 rings (SSSR count). The molecule has 150 valence electrons. The first kappa shape index (κ1) is 20.0. The SMILES string of the molecule is CCn1nccc1C(=O)N1CCN(C(=O)CCc2ccc(F)cc2)CC(O)C1. The average Bonchev–Trinajstić information content (AvgIpc) is 3.08. The normalized spacial score (nSPS) is 17.5. The number of hydrogen-bond acceptors (Lipinski definition) is 4. The number of benzene rings is 1. The van der Waals surface area contributed by atoms with E-state index in [1.165, 1.54) is 12.1 Å². The van der Waals surface area contributed by atoms with Crippen LogP contribution < -0.4 is 0 Å². The highest BCUT2D eigenvalue weighted by Gasteiger charge is 2.28. The Morgan fingerprint density at radius 1 is 1.14 bits per heavy atom. The minimum atomic E-state index is -0.806. The highest BCUT2D eigenvalue weighted by Crippen LogP contribution is 2.12.